The van der Waals surface area contributed by atoms with Gasteiger partial charge in [-0.1, -0.05) is 12.8 Å². The lowest BCUT2D eigenvalue weighted by Gasteiger charge is -2.37. The first-order valence-electron chi connectivity index (χ1n) is 9.02. The average molecular weight is 351 g/mol. The molecule has 3 rings (SSSR count). The molecule has 0 aromatic rings. The Labute approximate surface area is 146 Å². The lowest BCUT2D eigenvalue weighted by Crippen LogP contribution is -2.50. The highest BCUT2D eigenvalue weighted by Crippen LogP contribution is 2.35. The van der Waals surface area contributed by atoms with Crippen LogP contribution in [0.15, 0.2) is 0 Å². The third-order valence-corrected chi connectivity index (χ3v) is 5.88. The summed E-state index contributed by atoms with van der Waals surface area (Å²) in [5.74, 6) is -1.87. The van der Waals surface area contributed by atoms with Crippen LogP contribution in [-0.2, 0) is 14.4 Å². The predicted octanol–water partition coefficient (Wildman–Crippen LogP) is 0.953. The molecule has 138 valence electrons. The number of carbonyl (C=O) groups excluding carboxylic acids is 3. The zero-order valence-corrected chi connectivity index (χ0v) is 14.5. The molecule has 2 atom stereocenters. The molecule has 8 nitrogen and oxygen atoms in total. The average Bonchev–Trinajstić information content (AvgIpc) is 3.12. The second-order valence-electron chi connectivity index (χ2n) is 7.34. The van der Waals surface area contributed by atoms with E-state index in [1.807, 2.05) is 0 Å². The highest BCUT2D eigenvalue weighted by Gasteiger charge is 2.52. The van der Waals surface area contributed by atoms with Crippen LogP contribution in [0.5, 0.6) is 0 Å². The quantitative estimate of drug-likeness (QED) is 0.734. The SMILES string of the molecule is C[C@@H]1[C@H](C(=O)O)CCCN1C(=O)CCN1C(=O)NC2(CCCC2)C1=O. The van der Waals surface area contributed by atoms with Gasteiger partial charge >= 0.3 is 12.0 Å². The second-order valence-corrected chi connectivity index (χ2v) is 7.34. The van der Waals surface area contributed by atoms with Gasteiger partial charge in [0.1, 0.15) is 5.54 Å². The van der Waals surface area contributed by atoms with Gasteiger partial charge in [0.05, 0.1) is 5.92 Å². The van der Waals surface area contributed by atoms with Crippen molar-refractivity contribution in [2.24, 2.45) is 5.92 Å². The summed E-state index contributed by atoms with van der Waals surface area (Å²) in [6.45, 7) is 2.32. The Bertz CT molecular complexity index is 599. The Kier molecular flexibility index (Phi) is 4.71. The van der Waals surface area contributed by atoms with E-state index in [2.05, 4.69) is 5.32 Å². The van der Waals surface area contributed by atoms with Gasteiger partial charge in [0.25, 0.3) is 5.91 Å². The Morgan fingerprint density at radius 3 is 2.56 bits per heavy atom. The predicted molar refractivity (Wildman–Crippen MR) is 87.6 cm³/mol. The molecule has 25 heavy (non-hydrogen) atoms. The molecular formula is C17H25N3O5. The highest BCUT2D eigenvalue weighted by molar-refractivity contribution is 6.07. The first kappa shape index (κ1) is 17.7. The fraction of sp³-hybridized carbons (Fsp3) is 0.765. The number of nitrogens with one attached hydrogen (secondary N) is 1. The number of imide groups is 1. The molecule has 2 aliphatic heterocycles. The summed E-state index contributed by atoms with van der Waals surface area (Å²) in [6, 6.07) is -0.794. The van der Waals surface area contributed by atoms with Gasteiger partial charge in [-0.2, -0.15) is 0 Å². The molecule has 4 amide bonds. The molecule has 1 saturated carbocycles. The van der Waals surface area contributed by atoms with E-state index in [-0.39, 0.29) is 30.8 Å². The molecule has 2 N–H and O–H groups in total. The van der Waals surface area contributed by atoms with Crippen molar-refractivity contribution >= 4 is 23.8 Å². The fourth-order valence-corrected chi connectivity index (χ4v) is 4.37. The molecule has 0 aromatic carbocycles. The van der Waals surface area contributed by atoms with Gasteiger partial charge in [-0.25, -0.2) is 4.79 Å². The summed E-state index contributed by atoms with van der Waals surface area (Å²) < 4.78 is 0. The largest absolute Gasteiger partial charge is 0.481 e. The van der Waals surface area contributed by atoms with E-state index < -0.39 is 23.5 Å². The lowest BCUT2D eigenvalue weighted by atomic mass is 9.90. The molecular weight excluding hydrogens is 326 g/mol. The van der Waals surface area contributed by atoms with Crippen LogP contribution in [0.1, 0.15) is 51.9 Å². The van der Waals surface area contributed by atoms with Crippen LogP contribution in [0.3, 0.4) is 0 Å². The van der Waals surface area contributed by atoms with E-state index in [1.54, 1.807) is 11.8 Å². The van der Waals surface area contributed by atoms with E-state index in [9.17, 15) is 24.3 Å². The number of aliphatic carboxylic acids is 1. The normalized spacial score (nSPS) is 28.5. The van der Waals surface area contributed by atoms with Crippen LogP contribution in [0.2, 0.25) is 0 Å². The van der Waals surface area contributed by atoms with Crippen molar-refractivity contribution in [3.63, 3.8) is 0 Å². The maximum absolute atomic E-state index is 12.6. The lowest BCUT2D eigenvalue weighted by molar-refractivity contribution is -0.149. The van der Waals surface area contributed by atoms with Crippen molar-refractivity contribution in [2.45, 2.75) is 63.5 Å². The first-order valence-corrected chi connectivity index (χ1v) is 9.02. The van der Waals surface area contributed by atoms with Crippen LogP contribution in [0.25, 0.3) is 0 Å². The van der Waals surface area contributed by atoms with Gasteiger partial charge in [0.2, 0.25) is 5.91 Å². The van der Waals surface area contributed by atoms with Gasteiger partial charge in [-0.15, -0.1) is 0 Å². The number of carbonyl (C=O) groups is 4. The minimum absolute atomic E-state index is 0.0336. The van der Waals surface area contributed by atoms with Gasteiger partial charge < -0.3 is 15.3 Å². The number of urea groups is 1. The van der Waals surface area contributed by atoms with E-state index in [4.69, 9.17) is 0 Å². The molecule has 2 heterocycles. The van der Waals surface area contributed by atoms with E-state index in [0.717, 1.165) is 17.7 Å². The van der Waals surface area contributed by atoms with Crippen molar-refractivity contribution in [2.75, 3.05) is 13.1 Å². The number of amides is 4. The van der Waals surface area contributed by atoms with Crippen LogP contribution < -0.4 is 5.32 Å². The summed E-state index contributed by atoms with van der Waals surface area (Å²) in [4.78, 5) is 51.2. The third kappa shape index (κ3) is 3.09. The molecule has 0 aromatic heterocycles. The van der Waals surface area contributed by atoms with Crippen LogP contribution in [0.4, 0.5) is 4.79 Å². The molecule has 0 radical (unpaired) electrons. The summed E-state index contributed by atoms with van der Waals surface area (Å²) in [6.07, 6.45) is 4.40. The standard InChI is InChI=1S/C17H25N3O5/c1-11-12(14(22)23)5-4-9-19(11)13(21)6-10-20-15(24)17(18-16(20)25)7-2-3-8-17/h11-12H,2-10H2,1H3,(H,18,25)(H,22,23)/t11-,12-/m1/s1. The van der Waals surface area contributed by atoms with Crippen molar-refractivity contribution in [3.05, 3.63) is 0 Å². The molecule has 0 bridgehead atoms. The molecule has 3 fully saturated rings. The highest BCUT2D eigenvalue weighted by atomic mass is 16.4. The molecule has 1 aliphatic carbocycles. The number of rotatable bonds is 4. The van der Waals surface area contributed by atoms with E-state index >= 15 is 0 Å². The minimum Gasteiger partial charge on any atom is -0.481 e. The van der Waals surface area contributed by atoms with Crippen LogP contribution >= 0.6 is 0 Å². The fourth-order valence-electron chi connectivity index (χ4n) is 4.37. The summed E-state index contributed by atoms with van der Waals surface area (Å²) in [5, 5.41) is 12.1. The van der Waals surface area contributed by atoms with Crippen molar-refractivity contribution in [3.8, 4) is 0 Å². The molecule has 8 heteroatoms. The van der Waals surface area contributed by atoms with Crippen LogP contribution in [0, 0.1) is 5.92 Å². The molecule has 3 aliphatic rings. The summed E-state index contributed by atoms with van der Waals surface area (Å²) in [7, 11) is 0. The number of carboxylic acids is 1. The van der Waals surface area contributed by atoms with Crippen LogP contribution in [-0.4, -0.2) is 63.4 Å². The smallest absolute Gasteiger partial charge is 0.325 e. The summed E-state index contributed by atoms with van der Waals surface area (Å²) >= 11 is 0. The number of hydrogen-bond donors (Lipinski definition) is 2. The number of piperidine rings is 1. The molecule has 0 unspecified atom stereocenters. The zero-order valence-electron chi connectivity index (χ0n) is 14.5. The Hall–Kier alpha value is -2.12. The number of carboxylic acid groups (broad SMARTS) is 1. The van der Waals surface area contributed by atoms with Gasteiger partial charge in [-0.05, 0) is 32.6 Å². The minimum atomic E-state index is -0.887. The Morgan fingerprint density at radius 1 is 1.24 bits per heavy atom. The van der Waals surface area contributed by atoms with Gasteiger partial charge in [0, 0.05) is 25.6 Å². The topological polar surface area (TPSA) is 107 Å². The van der Waals surface area contributed by atoms with Crippen molar-refractivity contribution < 1.29 is 24.3 Å². The van der Waals surface area contributed by atoms with Crippen molar-refractivity contribution in [1.82, 2.24) is 15.1 Å². The third-order valence-electron chi connectivity index (χ3n) is 5.88. The Balaban J connectivity index is 1.59. The maximum atomic E-state index is 12.6. The second kappa shape index (κ2) is 6.65. The number of hydrogen-bond acceptors (Lipinski definition) is 4. The number of likely N-dealkylation sites (tertiary alicyclic amines) is 1. The first-order chi connectivity index (χ1) is 11.9. The zero-order chi connectivity index (χ0) is 18.2. The number of nitrogens with zero attached hydrogens (tertiary/aromatic N) is 2. The Morgan fingerprint density at radius 2 is 1.92 bits per heavy atom. The summed E-state index contributed by atoms with van der Waals surface area (Å²) in [5.41, 5.74) is -0.757. The monoisotopic (exact) mass is 351 g/mol. The molecule has 2 saturated heterocycles. The molecule has 1 spiro atoms. The van der Waals surface area contributed by atoms with E-state index in [0.29, 0.717) is 32.2 Å². The van der Waals surface area contributed by atoms with E-state index in [1.165, 1.54) is 0 Å². The van der Waals surface area contributed by atoms with Crippen molar-refractivity contribution in [1.29, 1.82) is 0 Å². The van der Waals surface area contributed by atoms with Gasteiger partial charge in [0.15, 0.2) is 0 Å². The maximum Gasteiger partial charge on any atom is 0.325 e. The van der Waals surface area contributed by atoms with Gasteiger partial charge in [-0.3, -0.25) is 19.3 Å².